The standard InChI is InChI=1S/C12H12BrClN2O3/c1-19-10-3-5-6(2-8(15)12(17)18)11(13)16-9(5)4-7(10)14/h3-4,8,16H,2,15H2,1H3,(H,17,18). The molecular formula is C12H12BrClN2O3. The zero-order chi connectivity index (χ0) is 14.2. The summed E-state index contributed by atoms with van der Waals surface area (Å²) in [6, 6.07) is 2.54. The van der Waals surface area contributed by atoms with Crippen LogP contribution in [0.3, 0.4) is 0 Å². The van der Waals surface area contributed by atoms with Crippen LogP contribution in [0.1, 0.15) is 5.56 Å². The van der Waals surface area contributed by atoms with Gasteiger partial charge in [0.25, 0.3) is 0 Å². The second-order valence-electron chi connectivity index (χ2n) is 4.10. The molecule has 4 N–H and O–H groups in total. The Morgan fingerprint density at radius 1 is 1.63 bits per heavy atom. The zero-order valence-corrected chi connectivity index (χ0v) is 12.4. The molecule has 1 unspecified atom stereocenters. The number of carboxylic acids is 1. The van der Waals surface area contributed by atoms with Gasteiger partial charge in [-0.05, 0) is 33.6 Å². The zero-order valence-electron chi connectivity index (χ0n) is 10.0. The minimum atomic E-state index is -1.04. The maximum absolute atomic E-state index is 10.9. The molecule has 0 amide bonds. The largest absolute Gasteiger partial charge is 0.495 e. The number of rotatable bonds is 4. The number of ether oxygens (including phenoxy) is 1. The molecule has 102 valence electrons. The van der Waals surface area contributed by atoms with Crippen LogP contribution in [0.4, 0.5) is 0 Å². The summed E-state index contributed by atoms with van der Waals surface area (Å²) in [7, 11) is 1.53. The lowest BCUT2D eigenvalue weighted by atomic mass is 10.1. The second-order valence-corrected chi connectivity index (χ2v) is 5.30. The third-order valence-corrected chi connectivity index (χ3v) is 3.84. The maximum atomic E-state index is 10.9. The van der Waals surface area contributed by atoms with Gasteiger partial charge in [-0.3, -0.25) is 4.79 Å². The van der Waals surface area contributed by atoms with Crippen molar-refractivity contribution in [3.63, 3.8) is 0 Å². The molecule has 1 atom stereocenters. The van der Waals surface area contributed by atoms with Gasteiger partial charge >= 0.3 is 5.97 Å². The van der Waals surface area contributed by atoms with Gasteiger partial charge < -0.3 is 20.6 Å². The summed E-state index contributed by atoms with van der Waals surface area (Å²) in [6.07, 6.45) is 0.209. The first-order valence-corrected chi connectivity index (χ1v) is 6.63. The number of nitrogens with one attached hydrogen (secondary N) is 1. The first-order chi connectivity index (χ1) is 8.93. The molecule has 0 saturated carbocycles. The highest BCUT2D eigenvalue weighted by atomic mass is 79.9. The molecule has 1 aromatic heterocycles. The van der Waals surface area contributed by atoms with E-state index in [1.165, 1.54) is 7.11 Å². The summed E-state index contributed by atoms with van der Waals surface area (Å²) in [5.41, 5.74) is 7.16. The highest BCUT2D eigenvalue weighted by Gasteiger charge is 2.19. The number of methoxy groups -OCH3 is 1. The molecule has 0 saturated heterocycles. The van der Waals surface area contributed by atoms with Crippen molar-refractivity contribution in [1.29, 1.82) is 0 Å². The molecule has 7 heteroatoms. The van der Waals surface area contributed by atoms with Gasteiger partial charge in [0.2, 0.25) is 0 Å². The highest BCUT2D eigenvalue weighted by molar-refractivity contribution is 9.10. The number of hydrogen-bond donors (Lipinski definition) is 3. The molecule has 1 heterocycles. The van der Waals surface area contributed by atoms with Gasteiger partial charge in [-0.2, -0.15) is 0 Å². The van der Waals surface area contributed by atoms with Crippen LogP contribution in [0.2, 0.25) is 5.02 Å². The molecular weight excluding hydrogens is 336 g/mol. The number of aliphatic carboxylic acids is 1. The van der Waals surface area contributed by atoms with Crippen LogP contribution in [0.15, 0.2) is 16.7 Å². The molecule has 0 spiro atoms. The van der Waals surface area contributed by atoms with Crippen molar-refractivity contribution in [2.45, 2.75) is 12.5 Å². The van der Waals surface area contributed by atoms with Crippen LogP contribution < -0.4 is 10.5 Å². The van der Waals surface area contributed by atoms with E-state index in [1.54, 1.807) is 12.1 Å². The molecule has 5 nitrogen and oxygen atoms in total. The third kappa shape index (κ3) is 2.70. The molecule has 0 fully saturated rings. The fraction of sp³-hybridized carbons (Fsp3) is 0.250. The number of H-pyrrole nitrogens is 1. The number of carboxylic acid groups (broad SMARTS) is 1. The number of fused-ring (bicyclic) bond motifs is 1. The van der Waals surface area contributed by atoms with Crippen LogP contribution in [0.5, 0.6) is 5.75 Å². The monoisotopic (exact) mass is 346 g/mol. The lowest BCUT2D eigenvalue weighted by Gasteiger charge is -2.07. The fourth-order valence-corrected chi connectivity index (χ4v) is 2.71. The number of halogens is 2. The Kier molecular flexibility index (Phi) is 4.03. The van der Waals surface area contributed by atoms with Crippen LogP contribution in [-0.4, -0.2) is 29.2 Å². The van der Waals surface area contributed by atoms with Crippen LogP contribution in [0.25, 0.3) is 10.9 Å². The molecule has 0 aliphatic rings. The van der Waals surface area contributed by atoms with Crippen molar-refractivity contribution in [3.05, 3.63) is 27.3 Å². The smallest absolute Gasteiger partial charge is 0.320 e. The summed E-state index contributed by atoms with van der Waals surface area (Å²) < 4.78 is 5.86. The van der Waals surface area contributed by atoms with E-state index in [0.717, 1.165) is 16.5 Å². The molecule has 19 heavy (non-hydrogen) atoms. The normalized spacial score (nSPS) is 12.6. The number of benzene rings is 1. The fourth-order valence-electron chi connectivity index (χ4n) is 1.88. The first-order valence-electron chi connectivity index (χ1n) is 5.46. The highest BCUT2D eigenvalue weighted by Crippen LogP contribution is 2.35. The third-order valence-electron chi connectivity index (χ3n) is 2.87. The van der Waals surface area contributed by atoms with Gasteiger partial charge in [0.05, 0.1) is 16.7 Å². The number of nitrogens with two attached hydrogens (primary N) is 1. The van der Waals surface area contributed by atoms with Gasteiger partial charge in [-0.1, -0.05) is 11.6 Å². The number of hydrogen-bond acceptors (Lipinski definition) is 3. The van der Waals surface area contributed by atoms with Crippen molar-refractivity contribution in [3.8, 4) is 5.75 Å². The summed E-state index contributed by atoms with van der Waals surface area (Å²) in [4.78, 5) is 13.9. The number of aromatic nitrogens is 1. The lowest BCUT2D eigenvalue weighted by molar-refractivity contribution is -0.138. The predicted molar refractivity (Wildman–Crippen MR) is 76.9 cm³/mol. The van der Waals surface area contributed by atoms with Gasteiger partial charge in [0.15, 0.2) is 0 Å². The summed E-state index contributed by atoms with van der Waals surface area (Å²) >= 11 is 9.41. The van der Waals surface area contributed by atoms with Crippen molar-refractivity contribution in [1.82, 2.24) is 4.98 Å². The van der Waals surface area contributed by atoms with Crippen molar-refractivity contribution in [2.75, 3.05) is 7.11 Å². The summed E-state index contributed by atoms with van der Waals surface area (Å²) in [5.74, 6) is -0.506. The average molecular weight is 348 g/mol. The predicted octanol–water partition coefficient (Wildman–Crippen LogP) is 2.55. The van der Waals surface area contributed by atoms with Crippen molar-refractivity contribution in [2.24, 2.45) is 5.73 Å². The minimum absolute atomic E-state index is 0.209. The van der Waals surface area contributed by atoms with Gasteiger partial charge in [0, 0.05) is 17.3 Å². The van der Waals surface area contributed by atoms with E-state index in [0.29, 0.717) is 15.4 Å². The molecule has 2 rings (SSSR count). The van der Waals surface area contributed by atoms with Crippen LogP contribution >= 0.6 is 27.5 Å². The van der Waals surface area contributed by atoms with E-state index >= 15 is 0 Å². The Bertz CT molecular complexity index is 641. The van der Waals surface area contributed by atoms with Crippen molar-refractivity contribution >= 4 is 44.4 Å². The second kappa shape index (κ2) is 5.40. The Morgan fingerprint density at radius 2 is 2.32 bits per heavy atom. The van der Waals surface area contributed by atoms with Gasteiger partial charge in [0.1, 0.15) is 11.8 Å². The van der Waals surface area contributed by atoms with E-state index in [4.69, 9.17) is 27.2 Å². The van der Waals surface area contributed by atoms with Gasteiger partial charge in [-0.15, -0.1) is 0 Å². The quantitative estimate of drug-likeness (QED) is 0.793. The maximum Gasteiger partial charge on any atom is 0.320 e. The van der Waals surface area contributed by atoms with E-state index in [-0.39, 0.29) is 6.42 Å². The molecule has 1 aromatic carbocycles. The van der Waals surface area contributed by atoms with E-state index in [2.05, 4.69) is 20.9 Å². The molecule has 2 aromatic rings. The summed E-state index contributed by atoms with van der Waals surface area (Å²) in [6.45, 7) is 0. The summed E-state index contributed by atoms with van der Waals surface area (Å²) in [5, 5.41) is 10.2. The Morgan fingerprint density at radius 3 is 2.89 bits per heavy atom. The minimum Gasteiger partial charge on any atom is -0.495 e. The molecule has 0 radical (unpaired) electrons. The van der Waals surface area contributed by atoms with Gasteiger partial charge in [-0.25, -0.2) is 0 Å². The first kappa shape index (κ1) is 14.2. The Balaban J connectivity index is 2.54. The van der Waals surface area contributed by atoms with E-state index in [1.807, 2.05) is 0 Å². The topological polar surface area (TPSA) is 88.3 Å². The number of carbonyl (C=O) groups is 1. The van der Waals surface area contributed by atoms with E-state index < -0.39 is 12.0 Å². The number of aromatic amines is 1. The van der Waals surface area contributed by atoms with Crippen LogP contribution in [-0.2, 0) is 11.2 Å². The van der Waals surface area contributed by atoms with Crippen LogP contribution in [0, 0.1) is 0 Å². The molecule has 0 bridgehead atoms. The van der Waals surface area contributed by atoms with Crippen molar-refractivity contribution < 1.29 is 14.6 Å². The van der Waals surface area contributed by atoms with E-state index in [9.17, 15) is 4.79 Å². The lowest BCUT2D eigenvalue weighted by Crippen LogP contribution is -2.32. The Hall–Kier alpha value is -1.24. The Labute approximate surface area is 122 Å². The SMILES string of the molecule is COc1cc2c(CC(N)C(=O)O)c(Br)[nH]c2cc1Cl. The average Bonchev–Trinajstić information content (AvgIpc) is 2.64. The molecule has 0 aliphatic carbocycles. The molecule has 0 aliphatic heterocycles.